The standard InChI is InChI=1S/C15H15BrFN3/c1-4-7-20-14(18)13(19-15(20)9(2)3)11-6-5-10(16)8-12(11)17/h1,5-6,8-9H,7,18H2,2-3H3. The van der Waals surface area contributed by atoms with Gasteiger partial charge in [-0.3, -0.25) is 0 Å². The number of benzene rings is 1. The fraction of sp³-hybridized carbons (Fsp3) is 0.267. The zero-order valence-corrected chi connectivity index (χ0v) is 12.9. The van der Waals surface area contributed by atoms with Gasteiger partial charge in [-0.1, -0.05) is 35.7 Å². The third-order valence-corrected chi connectivity index (χ3v) is 3.48. The SMILES string of the molecule is C#CCn1c(C(C)C)nc(-c2ccc(Br)cc2F)c1N. The summed E-state index contributed by atoms with van der Waals surface area (Å²) < 4.78 is 16.5. The molecule has 0 saturated heterocycles. The third-order valence-electron chi connectivity index (χ3n) is 2.99. The molecule has 0 saturated carbocycles. The predicted octanol–water partition coefficient (Wildman–Crippen LogP) is 3.79. The summed E-state index contributed by atoms with van der Waals surface area (Å²) in [6.07, 6.45) is 5.36. The number of nitrogens with two attached hydrogens (primary N) is 1. The molecule has 0 aliphatic rings. The topological polar surface area (TPSA) is 43.8 Å². The van der Waals surface area contributed by atoms with Gasteiger partial charge >= 0.3 is 0 Å². The fourth-order valence-electron chi connectivity index (χ4n) is 2.06. The molecular formula is C15H15BrFN3. The van der Waals surface area contributed by atoms with Crippen LogP contribution in [-0.4, -0.2) is 9.55 Å². The number of rotatable bonds is 3. The van der Waals surface area contributed by atoms with Gasteiger partial charge in [0, 0.05) is 16.0 Å². The van der Waals surface area contributed by atoms with Crippen LogP contribution in [0.1, 0.15) is 25.6 Å². The minimum Gasteiger partial charge on any atom is -0.383 e. The Kier molecular flexibility index (Phi) is 4.15. The molecule has 0 aliphatic carbocycles. The van der Waals surface area contributed by atoms with Crippen molar-refractivity contribution in [2.24, 2.45) is 0 Å². The van der Waals surface area contributed by atoms with Crippen LogP contribution in [0.4, 0.5) is 10.2 Å². The van der Waals surface area contributed by atoms with E-state index in [0.717, 1.165) is 5.82 Å². The van der Waals surface area contributed by atoms with Crippen molar-refractivity contribution >= 4 is 21.7 Å². The van der Waals surface area contributed by atoms with Crippen LogP contribution in [0.3, 0.4) is 0 Å². The van der Waals surface area contributed by atoms with Crippen LogP contribution in [0.5, 0.6) is 0 Å². The maximum atomic E-state index is 14.1. The summed E-state index contributed by atoms with van der Waals surface area (Å²) in [4.78, 5) is 4.48. The van der Waals surface area contributed by atoms with Crippen molar-refractivity contribution in [3.63, 3.8) is 0 Å². The van der Waals surface area contributed by atoms with Crippen LogP contribution in [0.25, 0.3) is 11.3 Å². The minimum atomic E-state index is -0.369. The van der Waals surface area contributed by atoms with Crippen molar-refractivity contribution in [1.82, 2.24) is 9.55 Å². The van der Waals surface area contributed by atoms with Gasteiger partial charge < -0.3 is 10.3 Å². The first-order valence-corrected chi connectivity index (χ1v) is 6.99. The zero-order chi connectivity index (χ0) is 14.9. The normalized spacial score (nSPS) is 10.8. The number of terminal acetylenes is 1. The second-order valence-electron chi connectivity index (χ2n) is 4.77. The summed E-state index contributed by atoms with van der Waals surface area (Å²) in [7, 11) is 0. The van der Waals surface area contributed by atoms with Gasteiger partial charge in [-0.05, 0) is 18.2 Å². The van der Waals surface area contributed by atoms with Gasteiger partial charge in [0.1, 0.15) is 23.2 Å². The van der Waals surface area contributed by atoms with Gasteiger partial charge in [0.05, 0.1) is 6.54 Å². The molecule has 1 aromatic heterocycles. The molecule has 1 heterocycles. The highest BCUT2D eigenvalue weighted by Crippen LogP contribution is 2.32. The Morgan fingerprint density at radius 2 is 2.20 bits per heavy atom. The lowest BCUT2D eigenvalue weighted by Crippen LogP contribution is -2.07. The molecule has 0 unspecified atom stereocenters. The molecular weight excluding hydrogens is 321 g/mol. The molecule has 1 aromatic carbocycles. The highest BCUT2D eigenvalue weighted by Gasteiger charge is 2.20. The molecule has 0 bridgehead atoms. The number of aromatic nitrogens is 2. The fourth-order valence-corrected chi connectivity index (χ4v) is 2.39. The van der Waals surface area contributed by atoms with E-state index in [4.69, 9.17) is 12.2 Å². The summed E-state index contributed by atoms with van der Waals surface area (Å²) in [6.45, 7) is 4.32. The number of halogens is 2. The molecule has 0 spiro atoms. The molecule has 0 amide bonds. The Bertz CT molecular complexity index is 683. The number of anilines is 1. The van der Waals surface area contributed by atoms with Crippen molar-refractivity contribution in [3.8, 4) is 23.6 Å². The highest BCUT2D eigenvalue weighted by atomic mass is 79.9. The molecule has 0 atom stereocenters. The number of nitrogens with zero attached hydrogens (tertiary/aromatic N) is 2. The maximum Gasteiger partial charge on any atom is 0.133 e. The van der Waals surface area contributed by atoms with Crippen molar-refractivity contribution in [2.75, 3.05) is 5.73 Å². The molecule has 0 aliphatic heterocycles. The van der Waals surface area contributed by atoms with E-state index in [2.05, 4.69) is 26.8 Å². The second kappa shape index (κ2) is 5.68. The van der Waals surface area contributed by atoms with E-state index in [1.54, 1.807) is 16.7 Å². The predicted molar refractivity (Wildman–Crippen MR) is 82.7 cm³/mol. The van der Waals surface area contributed by atoms with E-state index in [1.165, 1.54) is 6.07 Å². The van der Waals surface area contributed by atoms with Crippen molar-refractivity contribution in [3.05, 3.63) is 34.3 Å². The lowest BCUT2D eigenvalue weighted by molar-refractivity contribution is 0.630. The van der Waals surface area contributed by atoms with E-state index in [9.17, 15) is 4.39 Å². The third kappa shape index (κ3) is 2.56. The van der Waals surface area contributed by atoms with Gasteiger partial charge in [0.25, 0.3) is 0 Å². The van der Waals surface area contributed by atoms with Gasteiger partial charge in [0.2, 0.25) is 0 Å². The van der Waals surface area contributed by atoms with Crippen molar-refractivity contribution < 1.29 is 4.39 Å². The average Bonchev–Trinajstić information content (AvgIpc) is 2.68. The summed E-state index contributed by atoms with van der Waals surface area (Å²) in [5.74, 6) is 3.49. The van der Waals surface area contributed by atoms with E-state index in [0.29, 0.717) is 28.1 Å². The summed E-state index contributed by atoms with van der Waals surface area (Å²) >= 11 is 3.23. The van der Waals surface area contributed by atoms with E-state index in [1.807, 2.05) is 13.8 Å². The highest BCUT2D eigenvalue weighted by molar-refractivity contribution is 9.10. The number of nitrogen functional groups attached to an aromatic ring is 1. The quantitative estimate of drug-likeness (QED) is 0.867. The first-order chi connectivity index (χ1) is 9.45. The lowest BCUT2D eigenvalue weighted by atomic mass is 10.1. The van der Waals surface area contributed by atoms with E-state index < -0.39 is 0 Å². The molecule has 2 rings (SSSR count). The summed E-state index contributed by atoms with van der Waals surface area (Å²) in [5, 5.41) is 0. The molecule has 104 valence electrons. The molecule has 5 heteroatoms. The Morgan fingerprint density at radius 3 is 2.75 bits per heavy atom. The van der Waals surface area contributed by atoms with Crippen LogP contribution in [0.2, 0.25) is 0 Å². The van der Waals surface area contributed by atoms with Crippen molar-refractivity contribution in [1.29, 1.82) is 0 Å². The molecule has 3 nitrogen and oxygen atoms in total. The van der Waals surface area contributed by atoms with Crippen LogP contribution >= 0.6 is 15.9 Å². The van der Waals surface area contributed by atoms with Gasteiger partial charge in [0.15, 0.2) is 0 Å². The monoisotopic (exact) mass is 335 g/mol. The Labute approximate surface area is 126 Å². The number of imidazole rings is 1. The Balaban J connectivity index is 2.63. The Morgan fingerprint density at radius 1 is 1.50 bits per heavy atom. The lowest BCUT2D eigenvalue weighted by Gasteiger charge is -2.08. The average molecular weight is 336 g/mol. The van der Waals surface area contributed by atoms with Crippen molar-refractivity contribution in [2.45, 2.75) is 26.3 Å². The van der Waals surface area contributed by atoms with Gasteiger partial charge in [-0.25, -0.2) is 9.37 Å². The second-order valence-corrected chi connectivity index (χ2v) is 5.69. The first kappa shape index (κ1) is 14.6. The van der Waals surface area contributed by atoms with E-state index in [-0.39, 0.29) is 11.7 Å². The van der Waals surface area contributed by atoms with Crippen LogP contribution < -0.4 is 5.73 Å². The minimum absolute atomic E-state index is 0.151. The molecule has 0 radical (unpaired) electrons. The summed E-state index contributed by atoms with van der Waals surface area (Å²) in [6, 6.07) is 4.81. The van der Waals surface area contributed by atoms with Gasteiger partial charge in [-0.15, -0.1) is 6.42 Å². The smallest absolute Gasteiger partial charge is 0.133 e. The molecule has 2 aromatic rings. The Hall–Kier alpha value is -1.80. The first-order valence-electron chi connectivity index (χ1n) is 6.20. The molecule has 0 fully saturated rings. The van der Waals surface area contributed by atoms with Crippen LogP contribution in [0.15, 0.2) is 22.7 Å². The largest absolute Gasteiger partial charge is 0.383 e. The van der Waals surface area contributed by atoms with Crippen LogP contribution in [0, 0.1) is 18.2 Å². The summed E-state index contributed by atoms with van der Waals surface area (Å²) in [5.41, 5.74) is 6.91. The maximum absolute atomic E-state index is 14.1. The van der Waals surface area contributed by atoms with Gasteiger partial charge in [-0.2, -0.15) is 0 Å². The molecule has 2 N–H and O–H groups in total. The van der Waals surface area contributed by atoms with Crippen LogP contribution in [-0.2, 0) is 6.54 Å². The zero-order valence-electron chi connectivity index (χ0n) is 11.3. The number of hydrogen-bond acceptors (Lipinski definition) is 2. The molecule has 20 heavy (non-hydrogen) atoms. The van der Waals surface area contributed by atoms with E-state index >= 15 is 0 Å². The number of hydrogen-bond donors (Lipinski definition) is 1.